The molecule has 1 aliphatic rings. The van der Waals surface area contributed by atoms with E-state index < -0.39 is 18.5 Å². The molecule has 7 nitrogen and oxygen atoms in total. The van der Waals surface area contributed by atoms with E-state index in [4.69, 9.17) is 9.47 Å². The predicted molar refractivity (Wildman–Crippen MR) is 117 cm³/mol. The first-order valence-electron chi connectivity index (χ1n) is 10.7. The van der Waals surface area contributed by atoms with E-state index in [0.717, 1.165) is 32.1 Å². The number of hydrogen-bond acceptors (Lipinski definition) is 5. The van der Waals surface area contributed by atoms with Crippen LogP contribution in [0.15, 0.2) is 48.5 Å². The molecule has 2 aromatic carbocycles. The van der Waals surface area contributed by atoms with Gasteiger partial charge in [-0.25, -0.2) is 4.79 Å². The van der Waals surface area contributed by atoms with Crippen molar-refractivity contribution < 1.29 is 23.9 Å². The average Bonchev–Trinajstić information content (AvgIpc) is 3.60. The van der Waals surface area contributed by atoms with Gasteiger partial charge in [-0.1, -0.05) is 25.8 Å². The van der Waals surface area contributed by atoms with E-state index in [1.165, 1.54) is 0 Å². The largest absolute Gasteiger partial charge is 0.494 e. The fourth-order valence-electron chi connectivity index (χ4n) is 2.88. The second-order valence-corrected chi connectivity index (χ2v) is 7.53. The number of hydrogen-bond donors (Lipinski definition) is 2. The van der Waals surface area contributed by atoms with Crippen LogP contribution in [0.3, 0.4) is 0 Å². The number of rotatable bonds is 11. The minimum absolute atomic E-state index is 0.164. The molecule has 1 saturated carbocycles. The highest BCUT2D eigenvalue weighted by Crippen LogP contribution is 2.20. The van der Waals surface area contributed by atoms with Crippen molar-refractivity contribution >= 4 is 23.5 Å². The summed E-state index contributed by atoms with van der Waals surface area (Å²) in [6.45, 7) is 2.35. The zero-order valence-electron chi connectivity index (χ0n) is 17.7. The molecule has 0 heterocycles. The van der Waals surface area contributed by atoms with Crippen molar-refractivity contribution in [1.82, 2.24) is 5.32 Å². The number of ether oxygens (including phenoxy) is 2. The van der Waals surface area contributed by atoms with E-state index in [1.54, 1.807) is 48.5 Å². The van der Waals surface area contributed by atoms with Gasteiger partial charge in [0.05, 0.1) is 12.2 Å². The summed E-state index contributed by atoms with van der Waals surface area (Å²) in [7, 11) is 0. The Bertz CT molecular complexity index is 906. The molecular weight excluding hydrogens is 396 g/mol. The van der Waals surface area contributed by atoms with Gasteiger partial charge in [0.1, 0.15) is 5.75 Å². The molecule has 3 rings (SSSR count). The molecule has 2 amide bonds. The van der Waals surface area contributed by atoms with Crippen LogP contribution in [0.1, 0.15) is 59.7 Å². The minimum Gasteiger partial charge on any atom is -0.494 e. The Labute approximate surface area is 182 Å². The molecule has 31 heavy (non-hydrogen) atoms. The zero-order valence-corrected chi connectivity index (χ0v) is 17.7. The van der Waals surface area contributed by atoms with Crippen LogP contribution in [0, 0.1) is 0 Å². The van der Waals surface area contributed by atoms with Crippen LogP contribution in [0.2, 0.25) is 0 Å². The lowest BCUT2D eigenvalue weighted by atomic mass is 10.2. The molecule has 1 aliphatic carbocycles. The second-order valence-electron chi connectivity index (χ2n) is 7.53. The molecular formula is C24H28N2O5. The van der Waals surface area contributed by atoms with E-state index in [9.17, 15) is 14.4 Å². The van der Waals surface area contributed by atoms with Crippen LogP contribution in [0.25, 0.3) is 0 Å². The molecule has 0 aliphatic heterocycles. The quantitative estimate of drug-likeness (QED) is 0.421. The number of anilines is 1. The number of carbonyl (C=O) groups excluding carboxylic acids is 3. The van der Waals surface area contributed by atoms with Gasteiger partial charge in [-0.15, -0.1) is 0 Å². The Kier molecular flexibility index (Phi) is 8.04. The Hall–Kier alpha value is -3.35. The molecule has 0 radical (unpaired) electrons. The lowest BCUT2D eigenvalue weighted by molar-refractivity contribution is -0.119. The van der Waals surface area contributed by atoms with E-state index in [2.05, 4.69) is 17.6 Å². The number of amides is 2. The summed E-state index contributed by atoms with van der Waals surface area (Å²) in [5.41, 5.74) is 1.28. The molecule has 0 aromatic heterocycles. The van der Waals surface area contributed by atoms with Gasteiger partial charge < -0.3 is 20.1 Å². The molecule has 0 unspecified atom stereocenters. The van der Waals surface area contributed by atoms with Crippen LogP contribution < -0.4 is 15.4 Å². The highest BCUT2D eigenvalue weighted by molar-refractivity contribution is 5.98. The molecule has 0 spiro atoms. The topological polar surface area (TPSA) is 93.7 Å². The van der Waals surface area contributed by atoms with Gasteiger partial charge in [0.25, 0.3) is 11.8 Å². The van der Waals surface area contributed by atoms with Crippen LogP contribution in [0.5, 0.6) is 5.75 Å². The summed E-state index contributed by atoms with van der Waals surface area (Å²) in [4.78, 5) is 36.4. The molecule has 2 N–H and O–H groups in total. The highest BCUT2D eigenvalue weighted by atomic mass is 16.5. The van der Waals surface area contributed by atoms with Crippen molar-refractivity contribution in [2.75, 3.05) is 18.5 Å². The Balaban J connectivity index is 1.43. The van der Waals surface area contributed by atoms with Gasteiger partial charge in [0, 0.05) is 17.3 Å². The fourth-order valence-corrected chi connectivity index (χ4v) is 2.88. The summed E-state index contributed by atoms with van der Waals surface area (Å²) in [5, 5.41) is 5.54. The summed E-state index contributed by atoms with van der Waals surface area (Å²) in [6, 6.07) is 13.5. The molecule has 164 valence electrons. The number of esters is 1. The van der Waals surface area contributed by atoms with E-state index in [1.807, 2.05) is 0 Å². The van der Waals surface area contributed by atoms with E-state index >= 15 is 0 Å². The van der Waals surface area contributed by atoms with E-state index in [-0.39, 0.29) is 11.9 Å². The third-order valence-corrected chi connectivity index (χ3v) is 4.76. The average molecular weight is 424 g/mol. The predicted octanol–water partition coefficient (Wildman–Crippen LogP) is 3.94. The van der Waals surface area contributed by atoms with Crippen molar-refractivity contribution in [3.05, 3.63) is 59.7 Å². The van der Waals surface area contributed by atoms with Gasteiger partial charge >= 0.3 is 5.97 Å². The van der Waals surface area contributed by atoms with Crippen LogP contribution in [-0.4, -0.2) is 37.0 Å². The normalized spacial score (nSPS) is 12.7. The molecule has 0 atom stereocenters. The van der Waals surface area contributed by atoms with Crippen LogP contribution in [-0.2, 0) is 9.53 Å². The van der Waals surface area contributed by atoms with Crippen LogP contribution >= 0.6 is 0 Å². The first-order valence-corrected chi connectivity index (χ1v) is 10.7. The Morgan fingerprint density at radius 2 is 1.77 bits per heavy atom. The first kappa shape index (κ1) is 22.3. The number of unbranched alkanes of at least 4 members (excludes halogenated alkanes) is 2. The maximum atomic E-state index is 12.2. The molecule has 0 saturated heterocycles. The first-order chi connectivity index (χ1) is 15.0. The third-order valence-electron chi connectivity index (χ3n) is 4.76. The fraction of sp³-hybridized carbons (Fsp3) is 0.375. The number of benzene rings is 2. The highest BCUT2D eigenvalue weighted by Gasteiger charge is 2.23. The van der Waals surface area contributed by atoms with Crippen molar-refractivity contribution in [2.45, 2.75) is 45.1 Å². The summed E-state index contributed by atoms with van der Waals surface area (Å²) in [6.07, 6.45) is 5.24. The molecule has 7 heteroatoms. The summed E-state index contributed by atoms with van der Waals surface area (Å²) in [5.74, 6) is -0.548. The maximum absolute atomic E-state index is 12.2. The van der Waals surface area contributed by atoms with Gasteiger partial charge in [0.2, 0.25) is 0 Å². The van der Waals surface area contributed by atoms with Crippen molar-refractivity contribution in [2.24, 2.45) is 0 Å². The number of nitrogens with one attached hydrogen (secondary N) is 2. The van der Waals surface area contributed by atoms with Gasteiger partial charge in [0.15, 0.2) is 6.61 Å². The molecule has 0 bridgehead atoms. The van der Waals surface area contributed by atoms with Gasteiger partial charge in [-0.05, 0) is 61.7 Å². The maximum Gasteiger partial charge on any atom is 0.338 e. The van der Waals surface area contributed by atoms with Crippen molar-refractivity contribution in [1.29, 1.82) is 0 Å². The Morgan fingerprint density at radius 1 is 1.00 bits per heavy atom. The van der Waals surface area contributed by atoms with Crippen molar-refractivity contribution in [3.8, 4) is 5.75 Å². The SMILES string of the molecule is CCCCCOc1ccc(C(=O)OCC(=O)Nc2cccc(C(=O)NC3CC3)c2)cc1. The monoisotopic (exact) mass is 424 g/mol. The molecule has 2 aromatic rings. The summed E-state index contributed by atoms with van der Waals surface area (Å²) >= 11 is 0. The Morgan fingerprint density at radius 3 is 2.48 bits per heavy atom. The smallest absolute Gasteiger partial charge is 0.338 e. The van der Waals surface area contributed by atoms with Crippen LogP contribution in [0.4, 0.5) is 5.69 Å². The van der Waals surface area contributed by atoms with E-state index in [0.29, 0.717) is 29.2 Å². The molecule has 1 fully saturated rings. The lowest BCUT2D eigenvalue weighted by Gasteiger charge is -2.09. The standard InChI is InChI=1S/C24H28N2O5/c1-2-3-4-14-30-21-12-8-17(9-13-21)24(29)31-16-22(27)25-20-7-5-6-18(15-20)23(28)26-19-10-11-19/h5-9,12-13,15,19H,2-4,10-11,14,16H2,1H3,(H,25,27)(H,26,28). The minimum atomic E-state index is -0.592. The van der Waals surface area contributed by atoms with Gasteiger partial charge in [-0.3, -0.25) is 9.59 Å². The van der Waals surface area contributed by atoms with Crippen molar-refractivity contribution in [3.63, 3.8) is 0 Å². The summed E-state index contributed by atoms with van der Waals surface area (Å²) < 4.78 is 10.7. The zero-order chi connectivity index (χ0) is 22.1. The lowest BCUT2D eigenvalue weighted by Crippen LogP contribution is -2.25. The second kappa shape index (κ2) is 11.2. The van der Waals surface area contributed by atoms with Gasteiger partial charge in [-0.2, -0.15) is 0 Å². The third kappa shape index (κ3) is 7.44. The number of carbonyl (C=O) groups is 3.